The molecule has 29 heavy (non-hydrogen) atoms. The molecule has 1 aliphatic heterocycles. The van der Waals surface area contributed by atoms with Gasteiger partial charge in [-0.25, -0.2) is 0 Å². The summed E-state index contributed by atoms with van der Waals surface area (Å²) >= 11 is 0.833. The van der Waals surface area contributed by atoms with Crippen LogP contribution >= 0.6 is 11.8 Å². The van der Waals surface area contributed by atoms with Gasteiger partial charge in [0.15, 0.2) is 0 Å². The predicted molar refractivity (Wildman–Crippen MR) is 112 cm³/mol. The lowest BCUT2D eigenvalue weighted by atomic mass is 10.1. The van der Waals surface area contributed by atoms with Crippen molar-refractivity contribution in [3.05, 3.63) is 86.8 Å². The smallest absolute Gasteiger partial charge is 0.293 e. The lowest BCUT2D eigenvalue weighted by molar-refractivity contribution is -0.385. The fourth-order valence-electron chi connectivity index (χ4n) is 2.63. The number of amides is 2. The third-order valence-corrected chi connectivity index (χ3v) is 5.06. The number of imide groups is 1. The minimum absolute atomic E-state index is 0.0292. The number of carbonyl (C=O) groups is 2. The molecular formula is C21H18N2O5S. The van der Waals surface area contributed by atoms with Crippen LogP contribution in [-0.2, 0) is 4.79 Å². The molecule has 0 N–H and O–H groups in total. The van der Waals surface area contributed by atoms with E-state index < -0.39 is 10.8 Å². The van der Waals surface area contributed by atoms with E-state index in [1.54, 1.807) is 18.2 Å². The Labute approximate surface area is 171 Å². The van der Waals surface area contributed by atoms with E-state index >= 15 is 0 Å². The van der Waals surface area contributed by atoms with E-state index in [9.17, 15) is 19.7 Å². The van der Waals surface area contributed by atoms with Gasteiger partial charge >= 0.3 is 0 Å². The fraction of sp³-hybridized carbons (Fsp3) is 0.143. The number of benzene rings is 2. The van der Waals surface area contributed by atoms with Crippen LogP contribution < -0.4 is 4.74 Å². The lowest BCUT2D eigenvalue weighted by Gasteiger charge is -2.13. The molecular weight excluding hydrogens is 392 g/mol. The number of thioether (sulfide) groups is 1. The Balaban J connectivity index is 1.61. The second-order valence-corrected chi connectivity index (χ2v) is 7.19. The minimum atomic E-state index is -0.471. The molecule has 2 aromatic rings. The number of hydrogen-bond donors (Lipinski definition) is 0. The van der Waals surface area contributed by atoms with Gasteiger partial charge in [0.2, 0.25) is 0 Å². The monoisotopic (exact) mass is 410 g/mol. The van der Waals surface area contributed by atoms with E-state index in [2.05, 4.69) is 0 Å². The summed E-state index contributed by atoms with van der Waals surface area (Å²) < 4.78 is 5.58. The molecule has 0 radical (unpaired) electrons. The number of allylic oxidation sites excluding steroid dienone is 2. The second-order valence-electron chi connectivity index (χ2n) is 6.19. The Morgan fingerprint density at radius 3 is 2.59 bits per heavy atom. The van der Waals surface area contributed by atoms with Crippen molar-refractivity contribution in [2.45, 2.75) is 6.92 Å². The van der Waals surface area contributed by atoms with Gasteiger partial charge in [-0.1, -0.05) is 35.9 Å². The largest absolute Gasteiger partial charge is 0.492 e. The summed E-state index contributed by atoms with van der Waals surface area (Å²) in [6.07, 6.45) is 4.55. The van der Waals surface area contributed by atoms with Crippen LogP contribution in [0.25, 0.3) is 6.08 Å². The van der Waals surface area contributed by atoms with Crippen molar-refractivity contribution in [1.29, 1.82) is 0 Å². The summed E-state index contributed by atoms with van der Waals surface area (Å²) in [5, 5.41) is 10.7. The number of para-hydroxylation sites is 1. The number of nitro benzene ring substituents is 1. The highest BCUT2D eigenvalue weighted by molar-refractivity contribution is 8.18. The minimum Gasteiger partial charge on any atom is -0.492 e. The maximum absolute atomic E-state index is 12.4. The molecule has 3 rings (SSSR count). The standard InChI is InChI=1S/C21H18N2O5S/c1-15-9-11-17(12-10-15)28-14-13-22-20(24)19(29-21(22)25)8-4-6-16-5-2-3-7-18(16)23(26)27/h2-12H,13-14H2,1H3/b6-4+,19-8-. The Hall–Kier alpha value is -3.39. The first-order valence-corrected chi connectivity index (χ1v) is 9.62. The van der Waals surface area contributed by atoms with Crippen molar-refractivity contribution in [3.8, 4) is 5.75 Å². The fourth-order valence-corrected chi connectivity index (χ4v) is 3.45. The van der Waals surface area contributed by atoms with Crippen LogP contribution in [0, 0.1) is 17.0 Å². The van der Waals surface area contributed by atoms with Crippen molar-refractivity contribution in [3.63, 3.8) is 0 Å². The number of hydrogen-bond acceptors (Lipinski definition) is 6. The number of nitro groups is 1. The first kappa shape index (κ1) is 20.3. The number of carbonyl (C=O) groups excluding carboxylic acids is 2. The Bertz CT molecular complexity index is 998. The van der Waals surface area contributed by atoms with E-state index in [1.807, 2.05) is 31.2 Å². The highest BCUT2D eigenvalue weighted by atomic mass is 32.2. The summed E-state index contributed by atoms with van der Waals surface area (Å²) in [5.74, 6) is 0.269. The predicted octanol–water partition coefficient (Wildman–Crippen LogP) is 4.57. The summed E-state index contributed by atoms with van der Waals surface area (Å²) in [6, 6.07) is 13.8. The molecule has 0 aliphatic carbocycles. The Kier molecular flexibility index (Phi) is 6.46. The van der Waals surface area contributed by atoms with E-state index in [-0.39, 0.29) is 29.0 Å². The van der Waals surface area contributed by atoms with Gasteiger partial charge < -0.3 is 4.74 Å². The van der Waals surface area contributed by atoms with E-state index in [0.29, 0.717) is 11.3 Å². The normalized spacial score (nSPS) is 15.5. The first-order chi connectivity index (χ1) is 14.0. The highest BCUT2D eigenvalue weighted by Crippen LogP contribution is 2.30. The SMILES string of the molecule is Cc1ccc(OCCN2C(=O)S/C(=C\C=C\c3ccccc3[N+](=O)[O-])C2=O)cc1. The molecule has 0 spiro atoms. The average molecular weight is 410 g/mol. The molecule has 0 aromatic heterocycles. The van der Waals surface area contributed by atoms with Gasteiger partial charge in [-0.3, -0.25) is 24.6 Å². The van der Waals surface area contributed by atoms with Gasteiger partial charge in [0.1, 0.15) is 12.4 Å². The highest BCUT2D eigenvalue weighted by Gasteiger charge is 2.34. The van der Waals surface area contributed by atoms with Crippen LogP contribution in [0.15, 0.2) is 65.6 Å². The average Bonchev–Trinajstić information content (AvgIpc) is 2.97. The van der Waals surface area contributed by atoms with Gasteiger partial charge in [-0.05, 0) is 49.0 Å². The topological polar surface area (TPSA) is 89.8 Å². The molecule has 0 atom stereocenters. The molecule has 7 nitrogen and oxygen atoms in total. The number of aryl methyl sites for hydroxylation is 1. The molecule has 0 unspecified atom stereocenters. The van der Waals surface area contributed by atoms with Crippen LogP contribution in [0.5, 0.6) is 5.75 Å². The summed E-state index contributed by atoms with van der Waals surface area (Å²) in [4.78, 5) is 36.5. The molecule has 0 saturated carbocycles. The van der Waals surface area contributed by atoms with Gasteiger partial charge in [-0.2, -0.15) is 0 Å². The van der Waals surface area contributed by atoms with Crippen LogP contribution in [0.3, 0.4) is 0 Å². The van der Waals surface area contributed by atoms with E-state index in [1.165, 1.54) is 24.3 Å². The van der Waals surface area contributed by atoms with Gasteiger partial charge in [0.25, 0.3) is 16.8 Å². The van der Waals surface area contributed by atoms with Gasteiger partial charge in [0.05, 0.1) is 21.9 Å². The molecule has 0 bridgehead atoms. The maximum Gasteiger partial charge on any atom is 0.293 e. The van der Waals surface area contributed by atoms with Crippen LogP contribution in [0.1, 0.15) is 11.1 Å². The number of nitrogens with zero attached hydrogens (tertiary/aromatic N) is 2. The zero-order valence-electron chi connectivity index (χ0n) is 15.6. The molecule has 8 heteroatoms. The Morgan fingerprint density at radius 2 is 1.86 bits per heavy atom. The van der Waals surface area contributed by atoms with Gasteiger partial charge in [0, 0.05) is 6.07 Å². The maximum atomic E-state index is 12.4. The van der Waals surface area contributed by atoms with Crippen LogP contribution in [0.4, 0.5) is 10.5 Å². The number of rotatable bonds is 7. The molecule has 2 amide bonds. The van der Waals surface area contributed by atoms with Crippen LogP contribution in [-0.4, -0.2) is 34.1 Å². The second kappa shape index (κ2) is 9.20. The molecule has 148 valence electrons. The summed E-state index contributed by atoms with van der Waals surface area (Å²) in [7, 11) is 0. The molecule has 1 saturated heterocycles. The van der Waals surface area contributed by atoms with Crippen molar-refractivity contribution < 1.29 is 19.2 Å². The first-order valence-electron chi connectivity index (χ1n) is 8.80. The zero-order valence-corrected chi connectivity index (χ0v) is 16.4. The third kappa shape index (κ3) is 5.11. The van der Waals surface area contributed by atoms with Crippen molar-refractivity contribution in [2.24, 2.45) is 0 Å². The van der Waals surface area contributed by atoms with Crippen molar-refractivity contribution >= 4 is 34.7 Å². The summed E-state index contributed by atoms with van der Waals surface area (Å²) in [5.41, 5.74) is 1.50. The zero-order chi connectivity index (χ0) is 20.8. The molecule has 1 fully saturated rings. The quantitative estimate of drug-likeness (QED) is 0.377. The van der Waals surface area contributed by atoms with E-state index in [0.717, 1.165) is 22.2 Å². The molecule has 1 heterocycles. The molecule has 2 aromatic carbocycles. The van der Waals surface area contributed by atoms with E-state index in [4.69, 9.17) is 4.74 Å². The van der Waals surface area contributed by atoms with Crippen LogP contribution in [0.2, 0.25) is 0 Å². The summed E-state index contributed by atoms with van der Waals surface area (Å²) in [6.45, 7) is 2.31. The van der Waals surface area contributed by atoms with Gasteiger partial charge in [-0.15, -0.1) is 0 Å². The molecule has 1 aliphatic rings. The van der Waals surface area contributed by atoms with Crippen molar-refractivity contribution in [2.75, 3.05) is 13.2 Å². The van der Waals surface area contributed by atoms with Crippen molar-refractivity contribution in [1.82, 2.24) is 4.90 Å². The third-order valence-electron chi connectivity index (χ3n) is 4.14. The number of ether oxygens (including phenoxy) is 1. The lowest BCUT2D eigenvalue weighted by Crippen LogP contribution is -2.32. The Morgan fingerprint density at radius 1 is 1.14 bits per heavy atom.